The fourth-order valence-corrected chi connectivity index (χ4v) is 2.69. The van der Waals surface area contributed by atoms with E-state index in [2.05, 4.69) is 10.4 Å². The fraction of sp³-hybridized carbons (Fsp3) is 0.714. The predicted molar refractivity (Wildman–Crippen MR) is 72.8 cm³/mol. The van der Waals surface area contributed by atoms with Crippen molar-refractivity contribution >= 4 is 5.91 Å². The lowest BCUT2D eigenvalue weighted by atomic mass is 9.93. The molecule has 2 rings (SSSR count). The Morgan fingerprint density at radius 1 is 1.42 bits per heavy atom. The van der Waals surface area contributed by atoms with Gasteiger partial charge in [-0.1, -0.05) is 0 Å². The van der Waals surface area contributed by atoms with Crippen LogP contribution >= 0.6 is 0 Å². The molecule has 1 aromatic rings. The van der Waals surface area contributed by atoms with E-state index < -0.39 is 0 Å². The summed E-state index contributed by atoms with van der Waals surface area (Å²) in [5.74, 6) is 0.00703. The van der Waals surface area contributed by atoms with E-state index in [1.54, 1.807) is 4.68 Å². The molecule has 1 fully saturated rings. The van der Waals surface area contributed by atoms with Gasteiger partial charge in [-0.2, -0.15) is 5.10 Å². The number of hydrogen-bond acceptors (Lipinski definition) is 3. The maximum atomic E-state index is 12.2. The largest absolute Gasteiger partial charge is 0.393 e. The quantitative estimate of drug-likeness (QED) is 0.870. The van der Waals surface area contributed by atoms with Crippen molar-refractivity contribution in [1.82, 2.24) is 15.1 Å². The zero-order valence-electron chi connectivity index (χ0n) is 11.9. The highest BCUT2D eigenvalue weighted by Gasteiger charge is 2.24. The highest BCUT2D eigenvalue weighted by molar-refractivity contribution is 5.80. The topological polar surface area (TPSA) is 67.2 Å². The van der Waals surface area contributed by atoms with E-state index in [1.807, 2.05) is 26.8 Å². The maximum Gasteiger partial charge on any atom is 0.244 e. The fourth-order valence-electron chi connectivity index (χ4n) is 2.69. The molecule has 1 aliphatic carbocycles. The molecular weight excluding hydrogens is 242 g/mol. The summed E-state index contributed by atoms with van der Waals surface area (Å²) < 4.78 is 1.77. The summed E-state index contributed by atoms with van der Waals surface area (Å²) in [7, 11) is 0. The molecule has 19 heavy (non-hydrogen) atoms. The minimum atomic E-state index is -0.291. The van der Waals surface area contributed by atoms with E-state index in [-0.39, 0.29) is 24.1 Å². The van der Waals surface area contributed by atoms with E-state index >= 15 is 0 Å². The van der Waals surface area contributed by atoms with Gasteiger partial charge in [0.25, 0.3) is 0 Å². The molecule has 1 unspecified atom stereocenters. The van der Waals surface area contributed by atoms with Crippen LogP contribution < -0.4 is 5.32 Å². The molecule has 0 saturated heterocycles. The summed E-state index contributed by atoms with van der Waals surface area (Å²) in [4.78, 5) is 12.2. The number of amides is 1. The molecule has 1 heterocycles. The Labute approximate surface area is 114 Å². The number of hydrogen-bond donors (Lipinski definition) is 2. The number of carbonyl (C=O) groups is 1. The lowest BCUT2D eigenvalue weighted by molar-refractivity contribution is -0.125. The Kier molecular flexibility index (Phi) is 4.24. The SMILES string of the molecule is Cc1cc(C)n(C(C)C(=O)NC2CCC(O)CC2)n1. The Morgan fingerprint density at radius 3 is 2.58 bits per heavy atom. The standard InChI is InChI=1S/C14H23N3O2/c1-9-8-10(2)17(16-9)11(3)14(19)15-12-4-6-13(18)7-5-12/h8,11-13,18H,4-7H2,1-3H3,(H,15,19). The number of aromatic nitrogens is 2. The van der Waals surface area contributed by atoms with E-state index in [4.69, 9.17) is 0 Å². The molecule has 2 N–H and O–H groups in total. The van der Waals surface area contributed by atoms with Crippen LogP contribution in [0.25, 0.3) is 0 Å². The van der Waals surface area contributed by atoms with Crippen molar-refractivity contribution < 1.29 is 9.90 Å². The van der Waals surface area contributed by atoms with Crippen LogP contribution in [-0.4, -0.2) is 32.9 Å². The van der Waals surface area contributed by atoms with Crippen molar-refractivity contribution in [3.63, 3.8) is 0 Å². The first kappa shape index (κ1) is 14.1. The molecule has 1 saturated carbocycles. The van der Waals surface area contributed by atoms with Crippen LogP contribution in [0.4, 0.5) is 0 Å². The highest BCUT2D eigenvalue weighted by atomic mass is 16.3. The molecule has 106 valence electrons. The van der Waals surface area contributed by atoms with Gasteiger partial charge in [0.15, 0.2) is 0 Å². The van der Waals surface area contributed by atoms with E-state index in [9.17, 15) is 9.90 Å². The number of carbonyl (C=O) groups excluding carboxylic acids is 1. The van der Waals surface area contributed by atoms with E-state index in [0.29, 0.717) is 0 Å². The van der Waals surface area contributed by atoms with Gasteiger partial charge in [0.2, 0.25) is 5.91 Å². The van der Waals surface area contributed by atoms with Crippen LogP contribution in [0.3, 0.4) is 0 Å². The Hall–Kier alpha value is -1.36. The van der Waals surface area contributed by atoms with Gasteiger partial charge in [-0.25, -0.2) is 0 Å². The van der Waals surface area contributed by atoms with Crippen molar-refractivity contribution in [3.05, 3.63) is 17.5 Å². The molecule has 0 radical (unpaired) electrons. The second-order valence-electron chi connectivity index (χ2n) is 5.56. The molecule has 1 aliphatic rings. The molecule has 0 bridgehead atoms. The third-order valence-corrected chi connectivity index (χ3v) is 3.83. The van der Waals surface area contributed by atoms with Gasteiger partial charge in [-0.05, 0) is 52.5 Å². The number of nitrogens with one attached hydrogen (secondary N) is 1. The van der Waals surface area contributed by atoms with Crippen molar-refractivity contribution in [2.24, 2.45) is 0 Å². The third-order valence-electron chi connectivity index (χ3n) is 3.83. The highest BCUT2D eigenvalue weighted by Crippen LogP contribution is 2.19. The molecule has 0 spiro atoms. The number of rotatable bonds is 3. The van der Waals surface area contributed by atoms with E-state index in [0.717, 1.165) is 37.1 Å². The van der Waals surface area contributed by atoms with Crippen LogP contribution in [-0.2, 0) is 4.79 Å². The minimum absolute atomic E-state index is 0.00703. The van der Waals surface area contributed by atoms with Gasteiger partial charge in [0, 0.05) is 11.7 Å². The lowest BCUT2D eigenvalue weighted by Gasteiger charge is -2.27. The summed E-state index contributed by atoms with van der Waals surface area (Å²) in [5.41, 5.74) is 1.93. The predicted octanol–water partition coefficient (Wildman–Crippen LogP) is 1.48. The zero-order chi connectivity index (χ0) is 14.0. The molecule has 5 nitrogen and oxygen atoms in total. The average molecular weight is 265 g/mol. The first-order valence-electron chi connectivity index (χ1n) is 6.98. The summed E-state index contributed by atoms with van der Waals surface area (Å²) in [6.45, 7) is 5.75. The van der Waals surface area contributed by atoms with Gasteiger partial charge in [-0.3, -0.25) is 9.48 Å². The molecule has 5 heteroatoms. The van der Waals surface area contributed by atoms with Crippen molar-refractivity contribution in [3.8, 4) is 0 Å². The Balaban J connectivity index is 1.94. The van der Waals surface area contributed by atoms with Gasteiger partial charge < -0.3 is 10.4 Å². The average Bonchev–Trinajstić information content (AvgIpc) is 2.70. The van der Waals surface area contributed by atoms with Crippen molar-refractivity contribution in [2.75, 3.05) is 0 Å². The summed E-state index contributed by atoms with van der Waals surface area (Å²) >= 11 is 0. The van der Waals surface area contributed by atoms with Gasteiger partial charge >= 0.3 is 0 Å². The van der Waals surface area contributed by atoms with Crippen molar-refractivity contribution in [1.29, 1.82) is 0 Å². The van der Waals surface area contributed by atoms with E-state index in [1.165, 1.54) is 0 Å². The number of aliphatic hydroxyl groups excluding tert-OH is 1. The van der Waals surface area contributed by atoms with Crippen LogP contribution in [0.15, 0.2) is 6.07 Å². The first-order chi connectivity index (χ1) is 8.97. The zero-order valence-corrected chi connectivity index (χ0v) is 11.9. The monoisotopic (exact) mass is 265 g/mol. The molecule has 0 aliphatic heterocycles. The first-order valence-corrected chi connectivity index (χ1v) is 6.98. The minimum Gasteiger partial charge on any atom is -0.393 e. The lowest BCUT2D eigenvalue weighted by Crippen LogP contribution is -2.41. The second-order valence-corrected chi connectivity index (χ2v) is 5.56. The van der Waals surface area contributed by atoms with Crippen LogP contribution in [0.1, 0.15) is 50.0 Å². The number of aliphatic hydroxyl groups is 1. The Morgan fingerprint density at radius 2 is 2.05 bits per heavy atom. The van der Waals surface area contributed by atoms with Crippen LogP contribution in [0.2, 0.25) is 0 Å². The number of nitrogens with zero attached hydrogens (tertiary/aromatic N) is 2. The normalized spacial score (nSPS) is 25.1. The maximum absolute atomic E-state index is 12.2. The van der Waals surface area contributed by atoms with Gasteiger partial charge in [0.1, 0.15) is 6.04 Å². The molecular formula is C14H23N3O2. The van der Waals surface area contributed by atoms with Gasteiger partial charge in [-0.15, -0.1) is 0 Å². The van der Waals surface area contributed by atoms with Crippen LogP contribution in [0.5, 0.6) is 0 Å². The summed E-state index contributed by atoms with van der Waals surface area (Å²) in [6, 6.07) is 1.87. The third kappa shape index (κ3) is 3.35. The Bertz CT molecular complexity index is 448. The molecule has 1 amide bonds. The smallest absolute Gasteiger partial charge is 0.244 e. The van der Waals surface area contributed by atoms with Gasteiger partial charge in [0.05, 0.1) is 11.8 Å². The number of aryl methyl sites for hydroxylation is 2. The summed E-state index contributed by atoms with van der Waals surface area (Å²) in [5, 5.41) is 16.9. The molecule has 0 aromatic carbocycles. The second kappa shape index (κ2) is 5.74. The molecule has 1 atom stereocenters. The van der Waals surface area contributed by atoms with Crippen molar-refractivity contribution in [2.45, 2.75) is 64.6 Å². The molecule has 1 aromatic heterocycles. The summed E-state index contributed by atoms with van der Waals surface area (Å²) in [6.07, 6.45) is 3.08. The van der Waals surface area contributed by atoms with Crippen LogP contribution in [0, 0.1) is 13.8 Å².